The van der Waals surface area contributed by atoms with Crippen molar-refractivity contribution in [2.24, 2.45) is 10.9 Å². The minimum atomic E-state index is -0.195. The molecule has 0 atom stereocenters. The Morgan fingerprint density at radius 2 is 2.29 bits per heavy atom. The number of amidine groups is 1. The number of rotatable bonds is 7. The first-order valence-corrected chi connectivity index (χ1v) is 6.96. The van der Waals surface area contributed by atoms with Gasteiger partial charge in [-0.15, -0.1) is 0 Å². The molecule has 0 aliphatic heterocycles. The highest BCUT2D eigenvalue weighted by Gasteiger charge is 2.14. The zero-order chi connectivity index (χ0) is 15.8. The molecule has 0 aliphatic carbocycles. The summed E-state index contributed by atoms with van der Waals surface area (Å²) in [4.78, 5) is 18.0. The maximum atomic E-state index is 11.8. The number of carbonyl (C=O) groups excluding carboxylic acids is 1. The van der Waals surface area contributed by atoms with Crippen molar-refractivity contribution in [2.45, 2.75) is 33.2 Å². The molecule has 0 spiro atoms. The Kier molecular flexibility index (Phi) is 6.45. The van der Waals surface area contributed by atoms with Crippen LogP contribution in [0.5, 0.6) is 0 Å². The monoisotopic (exact) mass is 293 g/mol. The Morgan fingerprint density at radius 1 is 1.57 bits per heavy atom. The second kappa shape index (κ2) is 8.08. The number of aromatic nitrogens is 1. The van der Waals surface area contributed by atoms with Gasteiger partial charge < -0.3 is 21.2 Å². The molecule has 0 saturated heterocycles. The highest BCUT2D eigenvalue weighted by atomic mass is 16.4. The predicted octanol–water partition coefficient (Wildman–Crippen LogP) is 1.18. The Labute approximate surface area is 124 Å². The van der Waals surface area contributed by atoms with Gasteiger partial charge in [-0.05, 0) is 32.9 Å². The molecule has 1 aromatic heterocycles. The molecule has 0 bridgehead atoms. The molecular formula is C14H23N5O2. The lowest BCUT2D eigenvalue weighted by Crippen LogP contribution is -2.34. The average Bonchev–Trinajstić information content (AvgIpc) is 2.47. The van der Waals surface area contributed by atoms with Crippen LogP contribution in [0.3, 0.4) is 0 Å². The number of carbonyl (C=O) groups is 1. The first kappa shape index (κ1) is 16.7. The van der Waals surface area contributed by atoms with Gasteiger partial charge in [0.2, 0.25) is 0 Å². The lowest BCUT2D eigenvalue weighted by atomic mass is 10.2. The zero-order valence-corrected chi connectivity index (χ0v) is 12.7. The molecule has 0 aromatic carbocycles. The fourth-order valence-electron chi connectivity index (χ4n) is 1.94. The fourth-order valence-corrected chi connectivity index (χ4v) is 1.94. The minimum absolute atomic E-state index is 0.179. The SMILES string of the molecule is CCNC(=O)c1cc(N(CCC(N)=NO)C(C)C)ccn1. The average molecular weight is 293 g/mol. The number of nitrogens with two attached hydrogens (primary N) is 1. The van der Waals surface area contributed by atoms with Gasteiger partial charge in [0, 0.05) is 37.4 Å². The van der Waals surface area contributed by atoms with Gasteiger partial charge in [0.05, 0.1) is 0 Å². The van der Waals surface area contributed by atoms with Crippen molar-refractivity contribution >= 4 is 17.4 Å². The highest BCUT2D eigenvalue weighted by Crippen LogP contribution is 2.18. The van der Waals surface area contributed by atoms with Crippen molar-refractivity contribution < 1.29 is 10.0 Å². The van der Waals surface area contributed by atoms with E-state index in [1.54, 1.807) is 12.3 Å². The summed E-state index contributed by atoms with van der Waals surface area (Å²) in [6.07, 6.45) is 2.05. The summed E-state index contributed by atoms with van der Waals surface area (Å²) >= 11 is 0. The van der Waals surface area contributed by atoms with Crippen molar-refractivity contribution in [2.75, 3.05) is 18.0 Å². The predicted molar refractivity (Wildman–Crippen MR) is 82.8 cm³/mol. The number of anilines is 1. The number of hydrogen-bond acceptors (Lipinski definition) is 5. The Balaban J connectivity index is 2.93. The molecule has 4 N–H and O–H groups in total. The third kappa shape index (κ3) is 4.94. The van der Waals surface area contributed by atoms with Gasteiger partial charge >= 0.3 is 0 Å². The van der Waals surface area contributed by atoms with Crippen LogP contribution in [0.25, 0.3) is 0 Å². The number of nitrogens with zero attached hydrogens (tertiary/aromatic N) is 3. The van der Waals surface area contributed by atoms with Crippen LogP contribution in [0.15, 0.2) is 23.5 Å². The van der Waals surface area contributed by atoms with Crippen LogP contribution in [0.2, 0.25) is 0 Å². The van der Waals surface area contributed by atoms with Crippen LogP contribution in [-0.2, 0) is 0 Å². The van der Waals surface area contributed by atoms with E-state index in [1.807, 2.05) is 26.8 Å². The van der Waals surface area contributed by atoms with Crippen molar-refractivity contribution in [1.82, 2.24) is 10.3 Å². The number of hydrogen-bond donors (Lipinski definition) is 3. The first-order chi connectivity index (χ1) is 9.99. The summed E-state index contributed by atoms with van der Waals surface area (Å²) in [6.45, 7) is 7.09. The maximum Gasteiger partial charge on any atom is 0.269 e. The van der Waals surface area contributed by atoms with Crippen LogP contribution in [-0.4, -0.2) is 41.1 Å². The van der Waals surface area contributed by atoms with Gasteiger partial charge in [0.1, 0.15) is 11.5 Å². The molecule has 0 radical (unpaired) electrons. The molecule has 7 heteroatoms. The number of oxime groups is 1. The molecule has 0 fully saturated rings. The number of nitrogens with one attached hydrogen (secondary N) is 1. The lowest BCUT2D eigenvalue weighted by Gasteiger charge is -2.29. The molecule has 0 saturated carbocycles. The quantitative estimate of drug-likeness (QED) is 0.303. The molecular weight excluding hydrogens is 270 g/mol. The largest absolute Gasteiger partial charge is 0.409 e. The highest BCUT2D eigenvalue weighted by molar-refractivity contribution is 5.93. The summed E-state index contributed by atoms with van der Waals surface area (Å²) < 4.78 is 0. The molecule has 0 aliphatic rings. The van der Waals surface area contributed by atoms with Gasteiger partial charge in [-0.2, -0.15) is 0 Å². The second-order valence-electron chi connectivity index (χ2n) is 4.89. The van der Waals surface area contributed by atoms with Crippen molar-refractivity contribution in [1.29, 1.82) is 0 Å². The van der Waals surface area contributed by atoms with Crippen LogP contribution >= 0.6 is 0 Å². The van der Waals surface area contributed by atoms with Gasteiger partial charge in [0.15, 0.2) is 0 Å². The van der Waals surface area contributed by atoms with Crippen molar-refractivity contribution in [3.63, 3.8) is 0 Å². The van der Waals surface area contributed by atoms with E-state index in [1.165, 1.54) is 0 Å². The molecule has 116 valence electrons. The molecule has 1 heterocycles. The van der Waals surface area contributed by atoms with E-state index < -0.39 is 0 Å². The third-order valence-corrected chi connectivity index (χ3v) is 3.01. The van der Waals surface area contributed by atoms with E-state index >= 15 is 0 Å². The van der Waals surface area contributed by atoms with E-state index in [0.29, 0.717) is 25.2 Å². The van der Waals surface area contributed by atoms with Crippen LogP contribution in [0.4, 0.5) is 5.69 Å². The molecule has 7 nitrogen and oxygen atoms in total. The van der Waals surface area contributed by atoms with E-state index in [9.17, 15) is 4.79 Å². The minimum Gasteiger partial charge on any atom is -0.409 e. The Hall–Kier alpha value is -2.31. The third-order valence-electron chi connectivity index (χ3n) is 3.01. The number of pyridine rings is 1. The zero-order valence-electron chi connectivity index (χ0n) is 12.7. The summed E-state index contributed by atoms with van der Waals surface area (Å²) in [5.74, 6) is -0.0156. The first-order valence-electron chi connectivity index (χ1n) is 6.96. The molecule has 0 unspecified atom stereocenters. The summed E-state index contributed by atoms with van der Waals surface area (Å²) in [7, 11) is 0. The van der Waals surface area contributed by atoms with E-state index in [4.69, 9.17) is 10.9 Å². The molecule has 21 heavy (non-hydrogen) atoms. The van der Waals surface area contributed by atoms with Crippen LogP contribution < -0.4 is 16.0 Å². The fraction of sp³-hybridized carbons (Fsp3) is 0.500. The van der Waals surface area contributed by atoms with Crippen molar-refractivity contribution in [3.8, 4) is 0 Å². The van der Waals surface area contributed by atoms with E-state index in [2.05, 4.69) is 20.4 Å². The summed E-state index contributed by atoms with van der Waals surface area (Å²) in [5.41, 5.74) is 6.77. The Bertz CT molecular complexity index is 502. The maximum absolute atomic E-state index is 11.8. The standard InChI is InChI=1S/C14H23N5O2/c1-4-16-14(20)12-9-11(5-7-17-12)19(10(2)3)8-6-13(15)18-21/h5,7,9-10,21H,4,6,8H2,1-3H3,(H2,15,18)(H,16,20). The smallest absolute Gasteiger partial charge is 0.269 e. The topological polar surface area (TPSA) is 104 Å². The van der Waals surface area contributed by atoms with Crippen LogP contribution in [0.1, 0.15) is 37.7 Å². The van der Waals surface area contributed by atoms with Gasteiger partial charge in [0.25, 0.3) is 5.91 Å². The molecule has 1 rings (SSSR count). The van der Waals surface area contributed by atoms with E-state index in [-0.39, 0.29) is 17.8 Å². The van der Waals surface area contributed by atoms with Crippen molar-refractivity contribution in [3.05, 3.63) is 24.0 Å². The normalized spacial score (nSPS) is 11.5. The summed E-state index contributed by atoms with van der Waals surface area (Å²) in [6, 6.07) is 3.80. The number of amides is 1. The van der Waals surface area contributed by atoms with Crippen LogP contribution in [0, 0.1) is 0 Å². The molecule has 1 aromatic rings. The van der Waals surface area contributed by atoms with Gasteiger partial charge in [-0.1, -0.05) is 5.16 Å². The van der Waals surface area contributed by atoms with Gasteiger partial charge in [-0.3, -0.25) is 9.78 Å². The summed E-state index contributed by atoms with van der Waals surface area (Å²) in [5, 5.41) is 14.3. The lowest BCUT2D eigenvalue weighted by molar-refractivity contribution is 0.0951. The second-order valence-corrected chi connectivity index (χ2v) is 4.89. The van der Waals surface area contributed by atoms with E-state index in [0.717, 1.165) is 5.69 Å². The van der Waals surface area contributed by atoms with Gasteiger partial charge in [-0.25, -0.2) is 0 Å². The molecule has 1 amide bonds. The Morgan fingerprint density at radius 3 is 2.86 bits per heavy atom.